The molecule has 1 aromatic heterocycles. The minimum Gasteiger partial charge on any atom is -0.350 e. The van der Waals surface area contributed by atoms with Gasteiger partial charge < -0.3 is 15.5 Å². The molecule has 8 heteroatoms. The Labute approximate surface area is 156 Å². The zero-order valence-electron chi connectivity index (χ0n) is 14.8. The lowest BCUT2D eigenvalue weighted by Gasteiger charge is -2.13. The molecule has 2 heterocycles. The summed E-state index contributed by atoms with van der Waals surface area (Å²) < 4.78 is 0. The molecular weight excluding hydrogens is 350 g/mol. The highest BCUT2D eigenvalue weighted by Crippen LogP contribution is 2.14. The predicted octanol–water partition coefficient (Wildman–Crippen LogP) is 2.31. The molecular formula is C18H23N5O2S. The van der Waals surface area contributed by atoms with Crippen LogP contribution in [0.2, 0.25) is 0 Å². The predicted molar refractivity (Wildman–Crippen MR) is 102 cm³/mol. The fourth-order valence-corrected chi connectivity index (χ4v) is 3.47. The zero-order valence-corrected chi connectivity index (χ0v) is 15.6. The fraction of sp³-hybridized carbons (Fsp3) is 0.444. The zero-order chi connectivity index (χ0) is 18.4. The molecule has 1 aliphatic rings. The summed E-state index contributed by atoms with van der Waals surface area (Å²) in [5, 5.41) is 13.6. The summed E-state index contributed by atoms with van der Waals surface area (Å²) in [5.74, 6) is -0.641. The number of carbonyl (C=O) groups excluding carboxylic acids is 2. The number of hydrogen-bond acceptors (Lipinski definition) is 6. The van der Waals surface area contributed by atoms with E-state index in [1.807, 2.05) is 31.2 Å². The van der Waals surface area contributed by atoms with Crippen molar-refractivity contribution in [2.75, 3.05) is 31.5 Å². The van der Waals surface area contributed by atoms with E-state index in [-0.39, 0.29) is 21.8 Å². The van der Waals surface area contributed by atoms with Crippen LogP contribution in [0.3, 0.4) is 0 Å². The van der Waals surface area contributed by atoms with Gasteiger partial charge in [0.25, 0.3) is 11.8 Å². The monoisotopic (exact) mass is 373 g/mol. The Kier molecular flexibility index (Phi) is 6.30. The average molecular weight is 373 g/mol. The molecule has 2 amide bonds. The van der Waals surface area contributed by atoms with Crippen molar-refractivity contribution in [3.05, 3.63) is 39.8 Å². The Morgan fingerprint density at radius 1 is 1.08 bits per heavy atom. The molecule has 0 radical (unpaired) electrons. The minimum absolute atomic E-state index is 0.174. The number of amides is 2. The van der Waals surface area contributed by atoms with Gasteiger partial charge in [-0.1, -0.05) is 29.0 Å². The second kappa shape index (κ2) is 8.86. The van der Waals surface area contributed by atoms with Gasteiger partial charge in [0.15, 0.2) is 0 Å². The Morgan fingerprint density at radius 2 is 1.73 bits per heavy atom. The van der Waals surface area contributed by atoms with Gasteiger partial charge in [0.2, 0.25) is 10.0 Å². The minimum atomic E-state index is -0.362. The van der Waals surface area contributed by atoms with E-state index in [1.165, 1.54) is 12.8 Å². The van der Waals surface area contributed by atoms with E-state index >= 15 is 0 Å². The van der Waals surface area contributed by atoms with E-state index in [4.69, 9.17) is 0 Å². The summed E-state index contributed by atoms with van der Waals surface area (Å²) in [5.41, 5.74) is 1.80. The van der Waals surface area contributed by atoms with Crippen LogP contribution in [0, 0.1) is 6.92 Å². The van der Waals surface area contributed by atoms with Crippen LogP contribution in [-0.2, 0) is 0 Å². The van der Waals surface area contributed by atoms with E-state index in [0.717, 1.165) is 43.0 Å². The molecule has 1 aromatic carbocycles. The second-order valence-electron chi connectivity index (χ2n) is 6.39. The molecule has 1 aliphatic heterocycles. The Hall–Kier alpha value is -2.32. The van der Waals surface area contributed by atoms with Gasteiger partial charge in [-0.25, -0.2) is 0 Å². The van der Waals surface area contributed by atoms with Crippen LogP contribution in [0.4, 0.5) is 5.69 Å². The molecule has 3 rings (SSSR count). The third kappa shape index (κ3) is 5.09. The van der Waals surface area contributed by atoms with Crippen molar-refractivity contribution in [2.45, 2.75) is 26.2 Å². The van der Waals surface area contributed by atoms with Crippen LogP contribution in [-0.4, -0.2) is 53.1 Å². The van der Waals surface area contributed by atoms with Gasteiger partial charge in [-0.2, -0.15) is 0 Å². The maximum absolute atomic E-state index is 12.2. The number of benzene rings is 1. The number of carbonyl (C=O) groups is 2. The normalized spacial score (nSPS) is 14.3. The third-order valence-corrected chi connectivity index (χ3v) is 5.18. The van der Waals surface area contributed by atoms with Crippen molar-refractivity contribution in [1.82, 2.24) is 20.4 Å². The summed E-state index contributed by atoms with van der Waals surface area (Å²) in [4.78, 5) is 26.7. The Morgan fingerprint density at radius 3 is 2.42 bits per heavy atom. The molecule has 0 atom stereocenters. The molecule has 0 aliphatic carbocycles. The number of hydrogen-bond donors (Lipinski definition) is 2. The highest BCUT2D eigenvalue weighted by atomic mass is 32.1. The number of anilines is 1. The lowest BCUT2D eigenvalue weighted by atomic mass is 10.2. The number of nitrogens with one attached hydrogen (secondary N) is 2. The molecule has 1 fully saturated rings. The number of likely N-dealkylation sites (tertiary alicyclic amines) is 1. The smallest absolute Gasteiger partial charge is 0.286 e. The van der Waals surface area contributed by atoms with Crippen LogP contribution in [0.5, 0.6) is 0 Å². The molecule has 0 unspecified atom stereocenters. The van der Waals surface area contributed by atoms with Gasteiger partial charge in [-0.05, 0) is 58.0 Å². The van der Waals surface area contributed by atoms with E-state index in [1.54, 1.807) is 0 Å². The maximum Gasteiger partial charge on any atom is 0.286 e. The van der Waals surface area contributed by atoms with Gasteiger partial charge in [0.1, 0.15) is 0 Å². The molecule has 26 heavy (non-hydrogen) atoms. The van der Waals surface area contributed by atoms with Gasteiger partial charge in [0, 0.05) is 12.2 Å². The largest absolute Gasteiger partial charge is 0.350 e. The fourth-order valence-electron chi connectivity index (χ4n) is 2.81. The molecule has 0 bridgehead atoms. The molecule has 2 aromatic rings. The van der Waals surface area contributed by atoms with Crippen molar-refractivity contribution < 1.29 is 9.59 Å². The average Bonchev–Trinajstić information content (AvgIpc) is 3.32. The SMILES string of the molecule is Cc1ccc(NC(=O)c2nnc(C(=O)NCCCN3CCCC3)s2)cc1. The van der Waals surface area contributed by atoms with Crippen LogP contribution >= 0.6 is 11.3 Å². The maximum atomic E-state index is 12.2. The molecule has 1 saturated heterocycles. The van der Waals surface area contributed by atoms with Crippen molar-refractivity contribution in [1.29, 1.82) is 0 Å². The van der Waals surface area contributed by atoms with Crippen LogP contribution < -0.4 is 10.6 Å². The Balaban J connectivity index is 1.45. The van der Waals surface area contributed by atoms with E-state index in [2.05, 4.69) is 25.7 Å². The molecule has 2 N–H and O–H groups in total. The van der Waals surface area contributed by atoms with Crippen LogP contribution in [0.15, 0.2) is 24.3 Å². The molecule has 7 nitrogen and oxygen atoms in total. The van der Waals surface area contributed by atoms with Crippen molar-refractivity contribution >= 4 is 28.8 Å². The molecule has 0 spiro atoms. The van der Waals surface area contributed by atoms with Crippen molar-refractivity contribution in [2.24, 2.45) is 0 Å². The van der Waals surface area contributed by atoms with Crippen molar-refractivity contribution in [3.8, 4) is 0 Å². The first-order valence-electron chi connectivity index (χ1n) is 8.84. The van der Waals surface area contributed by atoms with Crippen LogP contribution in [0.25, 0.3) is 0 Å². The van der Waals surface area contributed by atoms with Gasteiger partial charge in [-0.3, -0.25) is 9.59 Å². The number of rotatable bonds is 7. The first kappa shape index (κ1) is 18.5. The lowest BCUT2D eigenvalue weighted by molar-refractivity contribution is 0.0949. The lowest BCUT2D eigenvalue weighted by Crippen LogP contribution is -2.28. The standard InChI is InChI=1S/C18H23N5O2S/c1-13-5-7-14(8-6-13)20-16(25)18-22-21-17(26-18)15(24)19-9-4-12-23-10-2-3-11-23/h5-8H,2-4,9-12H2,1H3,(H,19,24)(H,20,25). The topological polar surface area (TPSA) is 87.2 Å². The van der Waals surface area contributed by atoms with E-state index < -0.39 is 0 Å². The summed E-state index contributed by atoms with van der Waals surface area (Å²) in [6.07, 6.45) is 3.44. The summed E-state index contributed by atoms with van der Waals surface area (Å²) in [6, 6.07) is 7.47. The highest BCUT2D eigenvalue weighted by molar-refractivity contribution is 7.15. The summed E-state index contributed by atoms with van der Waals surface area (Å²) >= 11 is 0.998. The first-order valence-corrected chi connectivity index (χ1v) is 9.65. The Bertz CT molecular complexity index is 753. The van der Waals surface area contributed by atoms with Gasteiger partial charge >= 0.3 is 0 Å². The third-order valence-electron chi connectivity index (χ3n) is 4.26. The number of nitrogens with zero attached hydrogens (tertiary/aromatic N) is 3. The van der Waals surface area contributed by atoms with Crippen molar-refractivity contribution in [3.63, 3.8) is 0 Å². The second-order valence-corrected chi connectivity index (χ2v) is 7.37. The number of aromatic nitrogens is 2. The summed E-state index contributed by atoms with van der Waals surface area (Å²) in [6.45, 7) is 5.89. The van der Waals surface area contributed by atoms with Gasteiger partial charge in [0.05, 0.1) is 0 Å². The van der Waals surface area contributed by atoms with E-state index in [9.17, 15) is 9.59 Å². The summed E-state index contributed by atoms with van der Waals surface area (Å²) in [7, 11) is 0. The van der Waals surface area contributed by atoms with E-state index in [0.29, 0.717) is 12.2 Å². The quantitative estimate of drug-likeness (QED) is 0.727. The number of aryl methyl sites for hydroxylation is 1. The van der Waals surface area contributed by atoms with Gasteiger partial charge in [-0.15, -0.1) is 10.2 Å². The molecule has 138 valence electrons. The first-order chi connectivity index (χ1) is 12.6. The molecule has 0 saturated carbocycles. The van der Waals surface area contributed by atoms with Crippen LogP contribution in [0.1, 0.15) is 44.4 Å². The highest BCUT2D eigenvalue weighted by Gasteiger charge is 2.17.